The molecule has 0 fully saturated rings. The Kier molecular flexibility index (Phi) is 5.12. The third-order valence-electron chi connectivity index (χ3n) is 1.83. The Labute approximate surface area is 113 Å². The molecule has 6 heteroatoms. The summed E-state index contributed by atoms with van der Waals surface area (Å²) in [5, 5.41) is 5.36. The molecule has 0 aromatic carbocycles. The van der Waals surface area contributed by atoms with Gasteiger partial charge >= 0.3 is 6.09 Å². The van der Waals surface area contributed by atoms with Crippen molar-refractivity contribution in [3.63, 3.8) is 0 Å². The number of amides is 1. The fraction of sp³-hybridized carbons (Fsp3) is 0.462. The lowest BCUT2D eigenvalue weighted by Gasteiger charge is -2.18. The second-order valence-corrected chi connectivity index (χ2v) is 4.70. The van der Waals surface area contributed by atoms with Gasteiger partial charge in [-0.05, 0) is 20.8 Å². The van der Waals surface area contributed by atoms with Gasteiger partial charge in [-0.1, -0.05) is 11.8 Å². The van der Waals surface area contributed by atoms with E-state index in [4.69, 9.17) is 4.74 Å². The van der Waals surface area contributed by atoms with Crippen LogP contribution in [0.25, 0.3) is 0 Å². The molecule has 0 aliphatic carbocycles. The van der Waals surface area contributed by atoms with E-state index in [0.29, 0.717) is 11.5 Å². The maximum atomic E-state index is 11.3. The number of aromatic nitrogens is 2. The van der Waals surface area contributed by atoms with Gasteiger partial charge in [0.15, 0.2) is 0 Å². The van der Waals surface area contributed by atoms with E-state index in [1.165, 1.54) is 0 Å². The minimum Gasteiger partial charge on any atom is -0.444 e. The van der Waals surface area contributed by atoms with Crippen molar-refractivity contribution >= 4 is 12.0 Å². The average Bonchev–Trinajstić information content (AvgIpc) is 2.33. The summed E-state index contributed by atoms with van der Waals surface area (Å²) in [4.78, 5) is 19.4. The molecule has 0 aliphatic rings. The summed E-state index contributed by atoms with van der Waals surface area (Å²) in [6.45, 7) is 5.62. The topological polar surface area (TPSA) is 76.1 Å². The van der Waals surface area contributed by atoms with Gasteiger partial charge in [0.25, 0.3) is 0 Å². The molecule has 0 saturated carbocycles. The van der Waals surface area contributed by atoms with Crippen molar-refractivity contribution in [3.8, 4) is 11.8 Å². The number of hydrogen-bond donors (Lipinski definition) is 2. The van der Waals surface area contributed by atoms with E-state index in [-0.39, 0.29) is 6.54 Å². The fourth-order valence-electron chi connectivity index (χ4n) is 1.10. The Hall–Kier alpha value is -2.29. The second-order valence-electron chi connectivity index (χ2n) is 4.70. The van der Waals surface area contributed by atoms with Crippen LogP contribution in [0.2, 0.25) is 0 Å². The lowest BCUT2D eigenvalue weighted by Crippen LogP contribution is -2.32. The highest BCUT2D eigenvalue weighted by molar-refractivity contribution is 5.68. The van der Waals surface area contributed by atoms with E-state index in [2.05, 4.69) is 32.4 Å². The zero-order valence-electron chi connectivity index (χ0n) is 11.6. The first-order chi connectivity index (χ1) is 8.90. The Morgan fingerprint density at radius 2 is 2.00 bits per heavy atom. The van der Waals surface area contributed by atoms with Crippen molar-refractivity contribution in [2.75, 3.05) is 18.9 Å². The van der Waals surface area contributed by atoms with Crippen molar-refractivity contribution in [1.82, 2.24) is 15.3 Å². The molecule has 1 aromatic rings. The third kappa shape index (κ3) is 6.27. The van der Waals surface area contributed by atoms with Crippen LogP contribution in [0.1, 0.15) is 26.3 Å². The molecule has 102 valence electrons. The summed E-state index contributed by atoms with van der Waals surface area (Å²) in [6.07, 6.45) is 2.74. The number of alkyl carbamates (subject to hydrolysis) is 1. The second kappa shape index (κ2) is 6.59. The Bertz CT molecular complexity index is 480. The molecule has 0 radical (unpaired) electrons. The lowest BCUT2D eigenvalue weighted by molar-refractivity contribution is 0.0535. The van der Waals surface area contributed by atoms with Gasteiger partial charge in [0, 0.05) is 19.4 Å². The molecule has 1 aromatic heterocycles. The number of anilines is 1. The van der Waals surface area contributed by atoms with Crippen LogP contribution in [0.15, 0.2) is 12.4 Å². The molecule has 0 bridgehead atoms. The van der Waals surface area contributed by atoms with Crippen LogP contribution in [0, 0.1) is 11.8 Å². The van der Waals surface area contributed by atoms with Crippen LogP contribution in [0.5, 0.6) is 0 Å². The SMILES string of the molecule is CNc1ncc(C#CCNC(=O)OC(C)(C)C)cn1. The number of hydrogen-bond acceptors (Lipinski definition) is 5. The van der Waals surface area contributed by atoms with E-state index >= 15 is 0 Å². The molecule has 19 heavy (non-hydrogen) atoms. The molecule has 1 rings (SSSR count). The van der Waals surface area contributed by atoms with Crippen LogP contribution in [-0.4, -0.2) is 35.3 Å². The number of nitrogens with one attached hydrogen (secondary N) is 2. The molecule has 1 heterocycles. The molecule has 2 N–H and O–H groups in total. The number of ether oxygens (including phenoxy) is 1. The van der Waals surface area contributed by atoms with Crippen LogP contribution < -0.4 is 10.6 Å². The average molecular weight is 262 g/mol. The summed E-state index contributed by atoms with van der Waals surface area (Å²) in [7, 11) is 1.74. The zero-order valence-corrected chi connectivity index (χ0v) is 11.6. The maximum absolute atomic E-state index is 11.3. The maximum Gasteiger partial charge on any atom is 0.408 e. The standard InChI is InChI=1S/C13H18N4O2/c1-13(2,3)19-12(18)15-7-5-6-10-8-16-11(14-4)17-9-10/h8-9H,7H2,1-4H3,(H,15,18)(H,14,16,17). The van der Waals surface area contributed by atoms with E-state index in [1.807, 2.05) is 0 Å². The van der Waals surface area contributed by atoms with Gasteiger partial charge in [-0.15, -0.1) is 0 Å². The highest BCUT2D eigenvalue weighted by atomic mass is 16.6. The number of rotatable bonds is 2. The van der Waals surface area contributed by atoms with Gasteiger partial charge in [0.1, 0.15) is 5.60 Å². The van der Waals surface area contributed by atoms with Gasteiger partial charge in [0.2, 0.25) is 5.95 Å². The van der Waals surface area contributed by atoms with Crippen LogP contribution in [0.3, 0.4) is 0 Å². The van der Waals surface area contributed by atoms with Crippen LogP contribution in [-0.2, 0) is 4.74 Å². The first-order valence-electron chi connectivity index (χ1n) is 5.86. The third-order valence-corrected chi connectivity index (χ3v) is 1.83. The number of nitrogens with zero attached hydrogens (tertiary/aromatic N) is 2. The zero-order chi connectivity index (χ0) is 14.3. The fourth-order valence-corrected chi connectivity index (χ4v) is 1.10. The normalized spacial score (nSPS) is 10.1. The smallest absolute Gasteiger partial charge is 0.408 e. The largest absolute Gasteiger partial charge is 0.444 e. The number of carbonyl (C=O) groups is 1. The van der Waals surface area contributed by atoms with Gasteiger partial charge < -0.3 is 15.4 Å². The van der Waals surface area contributed by atoms with Gasteiger partial charge in [-0.2, -0.15) is 0 Å². The molecule has 1 amide bonds. The van der Waals surface area contributed by atoms with Crippen molar-refractivity contribution in [2.45, 2.75) is 26.4 Å². The highest BCUT2D eigenvalue weighted by Gasteiger charge is 2.14. The molecule has 0 aliphatic heterocycles. The highest BCUT2D eigenvalue weighted by Crippen LogP contribution is 2.05. The number of carbonyl (C=O) groups excluding carboxylic acids is 1. The summed E-state index contributed by atoms with van der Waals surface area (Å²) < 4.78 is 5.07. The minimum absolute atomic E-state index is 0.211. The van der Waals surface area contributed by atoms with E-state index in [9.17, 15) is 4.79 Å². The molecule has 0 saturated heterocycles. The minimum atomic E-state index is -0.506. The van der Waals surface area contributed by atoms with Gasteiger partial charge in [-0.3, -0.25) is 0 Å². The molecule has 0 atom stereocenters. The summed E-state index contributed by atoms with van der Waals surface area (Å²) in [5.41, 5.74) is 0.180. The van der Waals surface area contributed by atoms with Crippen LogP contribution >= 0.6 is 0 Å². The molecule has 0 unspecified atom stereocenters. The summed E-state index contributed by atoms with van der Waals surface area (Å²) in [5.74, 6) is 6.17. The van der Waals surface area contributed by atoms with Crippen molar-refractivity contribution in [1.29, 1.82) is 0 Å². The molecular weight excluding hydrogens is 244 g/mol. The first kappa shape index (κ1) is 14.8. The van der Waals surface area contributed by atoms with Gasteiger partial charge in [0.05, 0.1) is 12.1 Å². The lowest BCUT2D eigenvalue weighted by atomic mass is 10.2. The predicted octanol–water partition coefficient (Wildman–Crippen LogP) is 1.39. The molecule has 6 nitrogen and oxygen atoms in total. The van der Waals surface area contributed by atoms with Crippen molar-refractivity contribution in [3.05, 3.63) is 18.0 Å². The monoisotopic (exact) mass is 262 g/mol. The van der Waals surface area contributed by atoms with Crippen molar-refractivity contribution < 1.29 is 9.53 Å². The quantitative estimate of drug-likeness (QED) is 0.788. The predicted molar refractivity (Wildman–Crippen MR) is 72.7 cm³/mol. The van der Waals surface area contributed by atoms with E-state index in [0.717, 1.165) is 0 Å². The van der Waals surface area contributed by atoms with Crippen molar-refractivity contribution in [2.24, 2.45) is 0 Å². The van der Waals surface area contributed by atoms with Gasteiger partial charge in [-0.25, -0.2) is 14.8 Å². The molecule has 0 spiro atoms. The summed E-state index contributed by atoms with van der Waals surface area (Å²) >= 11 is 0. The Balaban J connectivity index is 2.40. The first-order valence-corrected chi connectivity index (χ1v) is 5.86. The Morgan fingerprint density at radius 3 is 2.53 bits per heavy atom. The van der Waals surface area contributed by atoms with E-state index < -0.39 is 11.7 Å². The van der Waals surface area contributed by atoms with Crippen LogP contribution in [0.4, 0.5) is 10.7 Å². The van der Waals surface area contributed by atoms with E-state index in [1.54, 1.807) is 40.2 Å². The molecular formula is C13H18N4O2. The Morgan fingerprint density at radius 1 is 1.37 bits per heavy atom. The summed E-state index contributed by atoms with van der Waals surface area (Å²) in [6, 6.07) is 0.